The smallest absolute Gasteiger partial charge is 0.345 e. The molecule has 1 saturated heterocycles. The summed E-state index contributed by atoms with van der Waals surface area (Å²) in [5, 5.41) is 0. The molecule has 7 heteroatoms. The monoisotopic (exact) mass is 393 g/mol. The van der Waals surface area contributed by atoms with Crippen molar-refractivity contribution >= 4 is 17.7 Å². The van der Waals surface area contributed by atoms with E-state index in [4.69, 9.17) is 0 Å². The molecule has 0 saturated carbocycles. The number of hydrogen-bond donors (Lipinski definition) is 0. The third-order valence-corrected chi connectivity index (χ3v) is 4.63. The van der Waals surface area contributed by atoms with Gasteiger partial charge in [0.1, 0.15) is 6.29 Å². The van der Waals surface area contributed by atoms with Crippen LogP contribution >= 0.6 is 0 Å². The summed E-state index contributed by atoms with van der Waals surface area (Å²) >= 11 is 0. The Labute approximate surface area is 164 Å². The molecule has 0 aliphatic carbocycles. The summed E-state index contributed by atoms with van der Waals surface area (Å²) in [4.78, 5) is 16.3. The molecule has 2 aromatic carbocycles. The maximum atomic E-state index is 12.6. The van der Waals surface area contributed by atoms with Crippen LogP contribution in [-0.4, -0.2) is 62.9 Å². The molecular weight excluding hydrogens is 367 g/mol. The Balaban J connectivity index is 0.000000237. The molecule has 0 bridgehead atoms. The number of benzene rings is 2. The minimum absolute atomic E-state index is 0.510. The molecule has 28 heavy (non-hydrogen) atoms. The maximum Gasteiger partial charge on any atom is 0.416 e. The Bertz CT molecular complexity index is 729. The molecule has 152 valence electrons. The fourth-order valence-corrected chi connectivity index (χ4v) is 2.83. The number of nitrogens with zero attached hydrogens (tertiary/aromatic N) is 3. The minimum atomic E-state index is -4.31. The van der Waals surface area contributed by atoms with E-state index in [1.54, 1.807) is 18.0 Å². The molecular formula is C21H26F3N3O. The maximum absolute atomic E-state index is 12.6. The van der Waals surface area contributed by atoms with Gasteiger partial charge in [-0.1, -0.05) is 24.3 Å². The van der Waals surface area contributed by atoms with E-state index in [9.17, 15) is 18.0 Å². The first-order chi connectivity index (χ1) is 13.3. The Kier molecular flexibility index (Phi) is 8.02. The van der Waals surface area contributed by atoms with Crippen LogP contribution in [-0.2, 0) is 11.0 Å². The van der Waals surface area contributed by atoms with Gasteiger partial charge in [-0.25, -0.2) is 0 Å². The number of rotatable bonds is 4. The van der Waals surface area contributed by atoms with Crippen molar-refractivity contribution in [2.45, 2.75) is 6.18 Å². The molecule has 1 heterocycles. The van der Waals surface area contributed by atoms with Crippen molar-refractivity contribution in [1.82, 2.24) is 9.80 Å². The van der Waals surface area contributed by atoms with Gasteiger partial charge in [0, 0.05) is 44.6 Å². The van der Waals surface area contributed by atoms with Gasteiger partial charge in [0.15, 0.2) is 0 Å². The number of likely N-dealkylation sites (N-methyl/N-ethyl adjacent to an activating group) is 1. The molecule has 0 unspecified atom stereocenters. The number of piperazine rings is 1. The quantitative estimate of drug-likeness (QED) is 0.736. The highest BCUT2D eigenvalue weighted by Crippen LogP contribution is 2.32. The van der Waals surface area contributed by atoms with Gasteiger partial charge in [-0.15, -0.1) is 0 Å². The van der Waals surface area contributed by atoms with Crippen LogP contribution in [0.1, 0.15) is 5.56 Å². The van der Waals surface area contributed by atoms with Gasteiger partial charge < -0.3 is 14.6 Å². The summed E-state index contributed by atoms with van der Waals surface area (Å²) in [5.74, 6) is 0. The molecule has 0 amide bonds. The largest absolute Gasteiger partial charge is 0.416 e. The van der Waals surface area contributed by atoms with E-state index in [-0.39, 0.29) is 0 Å². The van der Waals surface area contributed by atoms with Crippen molar-refractivity contribution in [2.75, 3.05) is 51.7 Å². The first-order valence-corrected chi connectivity index (χ1v) is 9.12. The van der Waals surface area contributed by atoms with Crippen LogP contribution in [0.2, 0.25) is 0 Å². The molecule has 0 aromatic heterocycles. The Morgan fingerprint density at radius 2 is 1.57 bits per heavy atom. The van der Waals surface area contributed by atoms with Crippen molar-refractivity contribution in [2.24, 2.45) is 0 Å². The molecule has 0 N–H and O–H groups in total. The van der Waals surface area contributed by atoms with Crippen molar-refractivity contribution in [3.8, 4) is 0 Å². The number of para-hydroxylation sites is 1. The van der Waals surface area contributed by atoms with E-state index >= 15 is 0 Å². The van der Waals surface area contributed by atoms with Gasteiger partial charge in [0.05, 0.1) is 12.1 Å². The molecule has 0 radical (unpaired) electrons. The van der Waals surface area contributed by atoms with Gasteiger partial charge in [-0.05, 0) is 37.4 Å². The summed E-state index contributed by atoms with van der Waals surface area (Å²) < 4.78 is 37.8. The zero-order chi connectivity index (χ0) is 20.6. The van der Waals surface area contributed by atoms with Crippen LogP contribution < -0.4 is 4.90 Å². The van der Waals surface area contributed by atoms with Crippen molar-refractivity contribution in [3.05, 3.63) is 60.2 Å². The number of hydrogen-bond acceptors (Lipinski definition) is 4. The lowest BCUT2D eigenvalue weighted by Gasteiger charge is -2.30. The van der Waals surface area contributed by atoms with Gasteiger partial charge in [-0.3, -0.25) is 4.90 Å². The van der Waals surface area contributed by atoms with E-state index in [2.05, 4.69) is 16.8 Å². The normalized spacial score (nSPS) is 15.5. The standard InChI is InChI=1S/C14H12F3N.C7H14N2O/c1-18(12-7-3-2-4-8-12)13-9-5-6-11(10-13)14(15,16)17;1-8-2-4-9(5-3-8)6-7-10/h2-10H,1H3;7H,2-6H2,1H3. The average Bonchev–Trinajstić information content (AvgIpc) is 2.70. The lowest BCUT2D eigenvalue weighted by molar-refractivity contribution is -0.137. The topological polar surface area (TPSA) is 26.8 Å². The Morgan fingerprint density at radius 3 is 2.14 bits per heavy atom. The van der Waals surface area contributed by atoms with Crippen LogP contribution in [0.25, 0.3) is 0 Å². The van der Waals surface area contributed by atoms with E-state index in [0.29, 0.717) is 12.2 Å². The van der Waals surface area contributed by atoms with Gasteiger partial charge in [-0.2, -0.15) is 13.2 Å². The summed E-state index contributed by atoms with van der Waals surface area (Å²) in [5.41, 5.74) is 0.718. The second kappa shape index (κ2) is 10.2. The van der Waals surface area contributed by atoms with Gasteiger partial charge >= 0.3 is 6.18 Å². The second-order valence-corrected chi connectivity index (χ2v) is 6.71. The fraction of sp³-hybridized carbons (Fsp3) is 0.381. The first-order valence-electron chi connectivity index (χ1n) is 9.12. The van der Waals surface area contributed by atoms with Crippen LogP contribution in [0.4, 0.5) is 24.5 Å². The number of halogens is 3. The Hall–Kier alpha value is -2.38. The molecule has 0 spiro atoms. The fourth-order valence-electron chi connectivity index (χ4n) is 2.83. The SMILES string of the molecule is CN(c1ccccc1)c1cccc(C(F)(F)F)c1.CN1CCN(CC=O)CC1. The predicted octanol–water partition coefficient (Wildman–Crippen LogP) is 3.91. The van der Waals surface area contributed by atoms with E-state index in [1.165, 1.54) is 6.07 Å². The lowest BCUT2D eigenvalue weighted by Crippen LogP contribution is -2.44. The molecule has 1 fully saturated rings. The third-order valence-electron chi connectivity index (χ3n) is 4.63. The summed E-state index contributed by atoms with van der Waals surface area (Å²) in [6, 6.07) is 14.5. The number of carbonyl (C=O) groups excluding carboxylic acids is 1. The third kappa shape index (κ3) is 6.65. The van der Waals surface area contributed by atoms with Crippen molar-refractivity contribution in [3.63, 3.8) is 0 Å². The van der Waals surface area contributed by atoms with Crippen molar-refractivity contribution < 1.29 is 18.0 Å². The van der Waals surface area contributed by atoms with E-state index in [1.807, 2.05) is 30.3 Å². The van der Waals surface area contributed by atoms with Crippen LogP contribution in [0.5, 0.6) is 0 Å². The molecule has 1 aliphatic heterocycles. The number of aldehydes is 1. The number of carbonyl (C=O) groups is 1. The second-order valence-electron chi connectivity index (χ2n) is 6.71. The van der Waals surface area contributed by atoms with Crippen molar-refractivity contribution in [1.29, 1.82) is 0 Å². The lowest BCUT2D eigenvalue weighted by atomic mass is 10.1. The minimum Gasteiger partial charge on any atom is -0.345 e. The predicted molar refractivity (Wildman–Crippen MR) is 106 cm³/mol. The highest BCUT2D eigenvalue weighted by molar-refractivity contribution is 5.63. The van der Waals surface area contributed by atoms with E-state index < -0.39 is 11.7 Å². The summed E-state index contributed by atoms with van der Waals surface area (Å²) in [7, 11) is 3.85. The molecule has 1 aliphatic rings. The number of alkyl halides is 3. The average molecular weight is 393 g/mol. The molecule has 3 rings (SSSR count). The highest BCUT2D eigenvalue weighted by Gasteiger charge is 2.30. The van der Waals surface area contributed by atoms with Gasteiger partial charge in [0.2, 0.25) is 0 Å². The Morgan fingerprint density at radius 1 is 0.964 bits per heavy atom. The molecule has 2 aromatic rings. The number of anilines is 2. The summed E-state index contributed by atoms with van der Waals surface area (Å²) in [6.07, 6.45) is -3.33. The molecule has 0 atom stereocenters. The van der Waals surface area contributed by atoms with Crippen LogP contribution in [0, 0.1) is 0 Å². The molecule has 4 nitrogen and oxygen atoms in total. The van der Waals surface area contributed by atoms with Crippen LogP contribution in [0.15, 0.2) is 54.6 Å². The van der Waals surface area contributed by atoms with E-state index in [0.717, 1.165) is 50.3 Å². The van der Waals surface area contributed by atoms with Crippen LogP contribution in [0.3, 0.4) is 0 Å². The zero-order valence-corrected chi connectivity index (χ0v) is 16.2. The first kappa shape index (κ1) is 21.9. The van der Waals surface area contributed by atoms with Gasteiger partial charge in [0.25, 0.3) is 0 Å². The zero-order valence-electron chi connectivity index (χ0n) is 16.2. The highest BCUT2D eigenvalue weighted by atomic mass is 19.4. The summed E-state index contributed by atoms with van der Waals surface area (Å²) in [6.45, 7) is 4.86.